The van der Waals surface area contributed by atoms with Crippen molar-refractivity contribution in [2.24, 2.45) is 0 Å². The minimum atomic E-state index is -5.16. The SMILES string of the molecule is O=C(O)CC(NC(=O)C(F)(F)F)c1ccc(Cl)c(F)c1. The average Bonchev–Trinajstić information content (AvgIpc) is 2.30. The first kappa shape index (κ1) is 16.2. The number of aliphatic carboxylic acids is 1. The zero-order valence-corrected chi connectivity index (χ0v) is 10.4. The summed E-state index contributed by atoms with van der Waals surface area (Å²) in [6, 6.07) is 1.44. The van der Waals surface area contributed by atoms with Gasteiger partial charge in [-0.3, -0.25) is 9.59 Å². The van der Waals surface area contributed by atoms with Gasteiger partial charge in [0, 0.05) is 0 Å². The van der Waals surface area contributed by atoms with Crippen LogP contribution in [0.25, 0.3) is 0 Å². The van der Waals surface area contributed by atoms with Crippen LogP contribution in [0.5, 0.6) is 0 Å². The first-order valence-electron chi connectivity index (χ1n) is 5.15. The molecule has 9 heteroatoms. The number of hydrogen-bond acceptors (Lipinski definition) is 2. The molecule has 0 radical (unpaired) electrons. The third-order valence-electron chi connectivity index (χ3n) is 2.29. The van der Waals surface area contributed by atoms with Gasteiger partial charge in [-0.2, -0.15) is 13.2 Å². The first-order valence-corrected chi connectivity index (χ1v) is 5.53. The number of alkyl halides is 3. The van der Waals surface area contributed by atoms with Gasteiger partial charge < -0.3 is 10.4 Å². The maximum atomic E-state index is 13.2. The number of carboxylic acids is 1. The Morgan fingerprint density at radius 2 is 1.95 bits per heavy atom. The number of halogens is 5. The summed E-state index contributed by atoms with van der Waals surface area (Å²) in [5, 5.41) is 9.86. The van der Waals surface area contributed by atoms with Crippen molar-refractivity contribution in [2.75, 3.05) is 0 Å². The maximum absolute atomic E-state index is 13.2. The van der Waals surface area contributed by atoms with Crippen LogP contribution in [0.2, 0.25) is 5.02 Å². The van der Waals surface area contributed by atoms with E-state index in [-0.39, 0.29) is 10.6 Å². The van der Waals surface area contributed by atoms with E-state index in [2.05, 4.69) is 0 Å². The molecule has 0 aliphatic carbocycles. The first-order chi connectivity index (χ1) is 9.11. The summed E-state index contributed by atoms with van der Waals surface area (Å²) < 4.78 is 49.7. The molecule has 20 heavy (non-hydrogen) atoms. The second-order valence-corrected chi connectivity index (χ2v) is 4.20. The second kappa shape index (κ2) is 6.08. The molecule has 1 atom stereocenters. The van der Waals surface area contributed by atoms with Crippen LogP contribution in [0.15, 0.2) is 18.2 Å². The van der Waals surface area contributed by atoms with E-state index in [1.165, 1.54) is 5.32 Å². The quantitative estimate of drug-likeness (QED) is 0.840. The Hall–Kier alpha value is -1.83. The van der Waals surface area contributed by atoms with Crippen LogP contribution in [0.3, 0.4) is 0 Å². The fourth-order valence-electron chi connectivity index (χ4n) is 1.40. The Balaban J connectivity index is 3.03. The topological polar surface area (TPSA) is 66.4 Å². The van der Waals surface area contributed by atoms with Gasteiger partial charge in [0.2, 0.25) is 0 Å². The lowest BCUT2D eigenvalue weighted by Crippen LogP contribution is -2.39. The van der Waals surface area contributed by atoms with Crippen molar-refractivity contribution in [3.05, 3.63) is 34.6 Å². The molecule has 1 aromatic rings. The fraction of sp³-hybridized carbons (Fsp3) is 0.273. The fourth-order valence-corrected chi connectivity index (χ4v) is 1.51. The molecule has 0 aliphatic heterocycles. The van der Waals surface area contributed by atoms with E-state index >= 15 is 0 Å². The molecular formula is C11H8ClF4NO3. The molecule has 1 unspecified atom stereocenters. The third kappa shape index (κ3) is 4.37. The number of amides is 1. The van der Waals surface area contributed by atoms with Gasteiger partial charge >= 0.3 is 18.1 Å². The Morgan fingerprint density at radius 1 is 1.35 bits per heavy atom. The van der Waals surface area contributed by atoms with E-state index in [4.69, 9.17) is 16.7 Å². The maximum Gasteiger partial charge on any atom is 0.471 e. The molecule has 2 N–H and O–H groups in total. The summed E-state index contributed by atoms with van der Waals surface area (Å²) >= 11 is 5.41. The highest BCUT2D eigenvalue weighted by Gasteiger charge is 2.40. The van der Waals surface area contributed by atoms with Crippen molar-refractivity contribution in [1.29, 1.82) is 0 Å². The second-order valence-electron chi connectivity index (χ2n) is 3.80. The van der Waals surface area contributed by atoms with Crippen LogP contribution in [-0.2, 0) is 9.59 Å². The molecule has 0 bridgehead atoms. The molecule has 0 saturated carbocycles. The van der Waals surface area contributed by atoms with Gasteiger partial charge in [0.1, 0.15) is 5.82 Å². The molecule has 110 valence electrons. The lowest BCUT2D eigenvalue weighted by molar-refractivity contribution is -0.174. The van der Waals surface area contributed by atoms with Crippen LogP contribution in [0, 0.1) is 5.82 Å². The molecule has 0 aromatic heterocycles. The van der Waals surface area contributed by atoms with Gasteiger partial charge in [-0.05, 0) is 17.7 Å². The molecular weight excluding hydrogens is 306 g/mol. The molecule has 0 aliphatic rings. The van der Waals surface area contributed by atoms with Crippen molar-refractivity contribution in [3.8, 4) is 0 Å². The van der Waals surface area contributed by atoms with E-state index in [1.807, 2.05) is 0 Å². The van der Waals surface area contributed by atoms with E-state index in [9.17, 15) is 27.2 Å². The summed E-state index contributed by atoms with van der Waals surface area (Å²) in [7, 11) is 0. The van der Waals surface area contributed by atoms with Crippen molar-refractivity contribution in [2.45, 2.75) is 18.6 Å². The molecule has 0 saturated heterocycles. The lowest BCUT2D eigenvalue weighted by atomic mass is 10.0. The summed E-state index contributed by atoms with van der Waals surface area (Å²) in [4.78, 5) is 21.4. The molecule has 4 nitrogen and oxygen atoms in total. The van der Waals surface area contributed by atoms with Crippen LogP contribution in [0.1, 0.15) is 18.0 Å². The summed E-state index contributed by atoms with van der Waals surface area (Å²) in [6.45, 7) is 0. The number of hydrogen-bond donors (Lipinski definition) is 2. The van der Waals surface area contributed by atoms with Gasteiger partial charge in [0.25, 0.3) is 0 Å². The van der Waals surface area contributed by atoms with Gasteiger partial charge in [0.15, 0.2) is 0 Å². The van der Waals surface area contributed by atoms with Crippen molar-refractivity contribution in [3.63, 3.8) is 0 Å². The molecule has 1 rings (SSSR count). The van der Waals surface area contributed by atoms with Crippen LogP contribution < -0.4 is 5.32 Å². The van der Waals surface area contributed by atoms with Crippen LogP contribution in [-0.4, -0.2) is 23.2 Å². The highest BCUT2D eigenvalue weighted by atomic mass is 35.5. The zero-order valence-electron chi connectivity index (χ0n) is 9.67. The molecule has 0 heterocycles. The van der Waals surface area contributed by atoms with Crippen LogP contribution >= 0.6 is 11.6 Å². The Bertz CT molecular complexity index is 533. The third-order valence-corrected chi connectivity index (χ3v) is 2.59. The standard InChI is InChI=1S/C11H8ClF4NO3/c12-6-2-1-5(3-7(6)13)8(4-9(18)19)17-10(20)11(14,15)16/h1-3,8H,4H2,(H,17,20)(H,18,19). The molecule has 0 spiro atoms. The summed E-state index contributed by atoms with van der Waals surface area (Å²) in [5.41, 5.74) is -0.132. The van der Waals surface area contributed by atoms with Gasteiger partial charge in [-0.15, -0.1) is 0 Å². The average molecular weight is 314 g/mol. The normalized spacial score (nSPS) is 12.8. The van der Waals surface area contributed by atoms with E-state index < -0.39 is 36.3 Å². The summed E-state index contributed by atoms with van der Waals surface area (Å²) in [6.07, 6.45) is -6.00. The smallest absolute Gasteiger partial charge is 0.471 e. The Kier molecular flexibility index (Phi) is 4.93. The Labute approximate surface area is 115 Å². The number of benzene rings is 1. The monoisotopic (exact) mass is 313 g/mol. The summed E-state index contributed by atoms with van der Waals surface area (Å²) in [5.74, 6) is -4.69. The van der Waals surface area contributed by atoms with Crippen LogP contribution in [0.4, 0.5) is 17.6 Å². The zero-order chi connectivity index (χ0) is 15.5. The largest absolute Gasteiger partial charge is 0.481 e. The van der Waals surface area contributed by atoms with Gasteiger partial charge in [-0.25, -0.2) is 4.39 Å². The highest BCUT2D eigenvalue weighted by molar-refractivity contribution is 6.30. The molecule has 1 aromatic carbocycles. The van der Waals surface area contributed by atoms with E-state index in [1.54, 1.807) is 0 Å². The van der Waals surface area contributed by atoms with Crippen molar-refractivity contribution >= 4 is 23.5 Å². The van der Waals surface area contributed by atoms with Crippen molar-refractivity contribution in [1.82, 2.24) is 5.32 Å². The number of carbonyl (C=O) groups is 2. The van der Waals surface area contributed by atoms with E-state index in [0.717, 1.165) is 18.2 Å². The number of nitrogens with one attached hydrogen (secondary N) is 1. The number of carboxylic acid groups (broad SMARTS) is 1. The number of carbonyl (C=O) groups excluding carboxylic acids is 1. The van der Waals surface area contributed by atoms with Gasteiger partial charge in [0.05, 0.1) is 17.5 Å². The minimum absolute atomic E-state index is 0.132. The van der Waals surface area contributed by atoms with Gasteiger partial charge in [-0.1, -0.05) is 17.7 Å². The molecule has 1 amide bonds. The highest BCUT2D eigenvalue weighted by Crippen LogP contribution is 2.24. The predicted octanol–water partition coefficient (Wildman–Crippen LogP) is 2.67. The van der Waals surface area contributed by atoms with Crippen molar-refractivity contribution < 1.29 is 32.3 Å². The molecule has 0 fully saturated rings. The minimum Gasteiger partial charge on any atom is -0.481 e. The predicted molar refractivity (Wildman–Crippen MR) is 60.6 cm³/mol. The Morgan fingerprint density at radius 3 is 2.40 bits per heavy atom. The number of rotatable bonds is 4. The van der Waals surface area contributed by atoms with E-state index in [0.29, 0.717) is 0 Å². The lowest BCUT2D eigenvalue weighted by Gasteiger charge is -2.18.